The smallest absolute Gasteiger partial charge is 0.211 e. The van der Waals surface area contributed by atoms with E-state index in [1.54, 1.807) is 4.31 Å². The van der Waals surface area contributed by atoms with Gasteiger partial charge < -0.3 is 5.32 Å². The third-order valence-corrected chi connectivity index (χ3v) is 5.43. The highest BCUT2D eigenvalue weighted by atomic mass is 32.2. The van der Waals surface area contributed by atoms with Gasteiger partial charge in [-0.25, -0.2) is 12.7 Å². The normalized spacial score (nSPS) is 22.9. The van der Waals surface area contributed by atoms with Crippen LogP contribution in [0.1, 0.15) is 58.8 Å². The van der Waals surface area contributed by atoms with E-state index in [0.717, 1.165) is 32.4 Å². The van der Waals surface area contributed by atoms with Gasteiger partial charge in [-0.1, -0.05) is 26.7 Å². The van der Waals surface area contributed by atoms with Gasteiger partial charge in [0.25, 0.3) is 0 Å². The van der Waals surface area contributed by atoms with E-state index in [1.807, 2.05) is 0 Å². The molecule has 20 heavy (non-hydrogen) atoms. The van der Waals surface area contributed by atoms with Crippen LogP contribution >= 0.6 is 0 Å². The van der Waals surface area contributed by atoms with E-state index >= 15 is 0 Å². The molecule has 1 aliphatic rings. The molecule has 0 radical (unpaired) electrons. The molecule has 0 aromatic rings. The molecule has 1 saturated heterocycles. The zero-order valence-corrected chi connectivity index (χ0v) is 14.2. The fourth-order valence-corrected chi connectivity index (χ4v) is 3.97. The highest BCUT2D eigenvalue weighted by Crippen LogP contribution is 2.24. The Morgan fingerprint density at radius 3 is 2.65 bits per heavy atom. The summed E-state index contributed by atoms with van der Waals surface area (Å²) in [5.41, 5.74) is 0. The first-order valence-electron chi connectivity index (χ1n) is 8.15. The second-order valence-electron chi connectivity index (χ2n) is 6.16. The maximum atomic E-state index is 11.7. The van der Waals surface area contributed by atoms with Crippen molar-refractivity contribution in [3.63, 3.8) is 0 Å². The molecular formula is C15H32N2O2S. The van der Waals surface area contributed by atoms with E-state index in [4.69, 9.17) is 0 Å². The summed E-state index contributed by atoms with van der Waals surface area (Å²) in [4.78, 5) is 0. The van der Waals surface area contributed by atoms with Crippen molar-refractivity contribution in [2.45, 2.75) is 64.8 Å². The molecule has 1 fully saturated rings. The lowest BCUT2D eigenvalue weighted by atomic mass is 9.90. The predicted molar refractivity (Wildman–Crippen MR) is 85.4 cm³/mol. The van der Waals surface area contributed by atoms with E-state index in [-0.39, 0.29) is 0 Å². The Morgan fingerprint density at radius 1 is 1.30 bits per heavy atom. The molecule has 0 aromatic heterocycles. The average Bonchev–Trinajstić information content (AvgIpc) is 2.41. The number of piperidine rings is 1. The molecule has 1 N–H and O–H groups in total. The average molecular weight is 305 g/mol. The SMILES string of the molecule is CCCCC(CC1CCCN(S(C)(=O)=O)C1)NCCC. The van der Waals surface area contributed by atoms with Crippen LogP contribution in [0.5, 0.6) is 0 Å². The minimum absolute atomic E-state index is 0.518. The highest BCUT2D eigenvalue weighted by molar-refractivity contribution is 7.88. The van der Waals surface area contributed by atoms with Crippen LogP contribution in [0.3, 0.4) is 0 Å². The first-order valence-corrected chi connectivity index (χ1v) is 10.0. The van der Waals surface area contributed by atoms with Crippen LogP contribution in [0.2, 0.25) is 0 Å². The summed E-state index contributed by atoms with van der Waals surface area (Å²) in [6.07, 6.45) is 9.47. The maximum absolute atomic E-state index is 11.7. The Kier molecular flexibility index (Phi) is 8.07. The van der Waals surface area contributed by atoms with Crippen LogP contribution in [-0.2, 0) is 10.0 Å². The minimum atomic E-state index is -3.02. The van der Waals surface area contributed by atoms with Crippen molar-refractivity contribution in [1.29, 1.82) is 0 Å². The molecule has 5 heteroatoms. The number of sulfonamides is 1. The van der Waals surface area contributed by atoms with Crippen molar-refractivity contribution in [2.75, 3.05) is 25.9 Å². The quantitative estimate of drug-likeness (QED) is 0.712. The lowest BCUT2D eigenvalue weighted by Crippen LogP contribution is -2.42. The van der Waals surface area contributed by atoms with E-state index in [2.05, 4.69) is 19.2 Å². The Morgan fingerprint density at radius 2 is 2.05 bits per heavy atom. The van der Waals surface area contributed by atoms with Crippen LogP contribution in [0.4, 0.5) is 0 Å². The molecule has 0 spiro atoms. The fourth-order valence-electron chi connectivity index (χ4n) is 3.03. The largest absolute Gasteiger partial charge is 0.314 e. The second kappa shape index (κ2) is 9.00. The summed E-state index contributed by atoms with van der Waals surface area (Å²) in [5.74, 6) is 0.518. The summed E-state index contributed by atoms with van der Waals surface area (Å²) < 4.78 is 25.0. The molecular weight excluding hydrogens is 272 g/mol. The highest BCUT2D eigenvalue weighted by Gasteiger charge is 2.27. The Labute approximate surface area is 125 Å². The number of nitrogens with zero attached hydrogens (tertiary/aromatic N) is 1. The molecule has 0 aromatic carbocycles. The Hall–Kier alpha value is -0.130. The number of hydrogen-bond acceptors (Lipinski definition) is 3. The van der Waals surface area contributed by atoms with Crippen LogP contribution in [-0.4, -0.2) is 44.7 Å². The molecule has 1 heterocycles. The first-order chi connectivity index (χ1) is 9.47. The molecule has 0 saturated carbocycles. The molecule has 0 bridgehead atoms. The van der Waals surface area contributed by atoms with Gasteiger partial charge in [-0.15, -0.1) is 0 Å². The standard InChI is InChI=1S/C15H32N2O2S/c1-4-6-9-15(16-10-5-2)12-14-8-7-11-17(13-14)20(3,18)19/h14-16H,4-13H2,1-3H3. The summed E-state index contributed by atoms with van der Waals surface area (Å²) in [5, 5.41) is 3.64. The van der Waals surface area contributed by atoms with Gasteiger partial charge in [0.1, 0.15) is 0 Å². The maximum Gasteiger partial charge on any atom is 0.211 e. The van der Waals surface area contributed by atoms with Crippen molar-refractivity contribution in [2.24, 2.45) is 5.92 Å². The van der Waals surface area contributed by atoms with Crippen molar-refractivity contribution < 1.29 is 8.42 Å². The first kappa shape index (κ1) is 17.9. The molecule has 4 nitrogen and oxygen atoms in total. The van der Waals surface area contributed by atoms with Gasteiger partial charge in [-0.3, -0.25) is 0 Å². The lowest BCUT2D eigenvalue weighted by Gasteiger charge is -2.33. The molecule has 1 aliphatic heterocycles. The third-order valence-electron chi connectivity index (χ3n) is 4.16. The zero-order chi connectivity index (χ0) is 15.0. The van der Waals surface area contributed by atoms with Crippen molar-refractivity contribution in [1.82, 2.24) is 9.62 Å². The minimum Gasteiger partial charge on any atom is -0.314 e. The van der Waals surface area contributed by atoms with Crippen molar-refractivity contribution in [3.05, 3.63) is 0 Å². The molecule has 0 amide bonds. The van der Waals surface area contributed by atoms with Crippen LogP contribution in [0.25, 0.3) is 0 Å². The summed E-state index contributed by atoms with van der Waals surface area (Å²) >= 11 is 0. The van der Waals surface area contributed by atoms with Gasteiger partial charge in [0.2, 0.25) is 10.0 Å². The number of rotatable bonds is 9. The number of nitrogens with one attached hydrogen (secondary N) is 1. The van der Waals surface area contributed by atoms with E-state index < -0.39 is 10.0 Å². The van der Waals surface area contributed by atoms with Crippen LogP contribution in [0.15, 0.2) is 0 Å². The van der Waals surface area contributed by atoms with Crippen LogP contribution < -0.4 is 5.32 Å². The lowest BCUT2D eigenvalue weighted by molar-refractivity contribution is 0.233. The van der Waals surface area contributed by atoms with Gasteiger partial charge in [0.05, 0.1) is 6.26 Å². The number of unbranched alkanes of at least 4 members (excludes halogenated alkanes) is 1. The third kappa shape index (κ3) is 6.55. The second-order valence-corrected chi connectivity index (χ2v) is 8.14. The molecule has 0 aliphatic carbocycles. The fraction of sp³-hybridized carbons (Fsp3) is 1.00. The van der Waals surface area contributed by atoms with Gasteiger partial charge in [-0.05, 0) is 44.6 Å². The van der Waals surface area contributed by atoms with E-state index in [9.17, 15) is 8.42 Å². The van der Waals surface area contributed by atoms with Gasteiger partial charge in [0.15, 0.2) is 0 Å². The van der Waals surface area contributed by atoms with E-state index in [0.29, 0.717) is 18.5 Å². The molecule has 120 valence electrons. The van der Waals surface area contributed by atoms with Gasteiger partial charge in [0, 0.05) is 19.1 Å². The molecule has 2 unspecified atom stereocenters. The molecule has 2 atom stereocenters. The van der Waals surface area contributed by atoms with Crippen LogP contribution in [0, 0.1) is 5.92 Å². The number of hydrogen-bond donors (Lipinski definition) is 1. The summed E-state index contributed by atoms with van der Waals surface area (Å²) in [7, 11) is -3.02. The predicted octanol–water partition coefficient (Wildman–Crippen LogP) is 2.61. The monoisotopic (exact) mass is 304 g/mol. The summed E-state index contributed by atoms with van der Waals surface area (Å²) in [6.45, 7) is 6.91. The Balaban J connectivity index is 2.49. The van der Waals surface area contributed by atoms with E-state index in [1.165, 1.54) is 31.9 Å². The Bertz CT molecular complexity index is 349. The van der Waals surface area contributed by atoms with Gasteiger partial charge in [-0.2, -0.15) is 0 Å². The zero-order valence-electron chi connectivity index (χ0n) is 13.4. The topological polar surface area (TPSA) is 49.4 Å². The van der Waals surface area contributed by atoms with Crippen molar-refractivity contribution in [3.8, 4) is 0 Å². The molecule has 1 rings (SSSR count). The van der Waals surface area contributed by atoms with Gasteiger partial charge >= 0.3 is 0 Å². The summed E-state index contributed by atoms with van der Waals surface area (Å²) in [6, 6.07) is 0.555. The van der Waals surface area contributed by atoms with Crippen molar-refractivity contribution >= 4 is 10.0 Å².